The molecule has 0 aromatic carbocycles. The summed E-state index contributed by atoms with van der Waals surface area (Å²) in [7, 11) is 0.549. The van der Waals surface area contributed by atoms with Gasteiger partial charge in [-0.05, 0) is 0 Å². The van der Waals surface area contributed by atoms with Gasteiger partial charge in [-0.25, -0.2) is 0 Å². The van der Waals surface area contributed by atoms with Gasteiger partial charge >= 0.3 is 205 Å². The summed E-state index contributed by atoms with van der Waals surface area (Å²) < 4.78 is 11.2. The van der Waals surface area contributed by atoms with Crippen molar-refractivity contribution in [1.82, 2.24) is 0 Å². The third-order valence-corrected chi connectivity index (χ3v) is 12.9. The Balaban J connectivity index is 4.72. The number of rotatable bonds is 27. The van der Waals surface area contributed by atoms with Crippen molar-refractivity contribution in [2.75, 3.05) is 51.6 Å². The SMILES string of the molecule is CCCCCCCC[PH](CCCCCCCC)(CCCCCCCC)CCOCCOC. The van der Waals surface area contributed by atoms with Crippen LogP contribution in [0.5, 0.6) is 0 Å². The van der Waals surface area contributed by atoms with E-state index in [0.717, 1.165) is 19.8 Å². The van der Waals surface area contributed by atoms with Gasteiger partial charge in [-0.1, -0.05) is 0 Å². The van der Waals surface area contributed by atoms with Gasteiger partial charge < -0.3 is 0 Å². The average molecular weight is 475 g/mol. The van der Waals surface area contributed by atoms with Crippen LogP contribution in [0.2, 0.25) is 0 Å². The standard InChI is InChI=1S/C29H63O2P/c1-5-8-11-14-17-20-26-32(29-25-31-24-23-30-4,27-21-18-15-12-9-6-2)28-22-19-16-13-10-7-3/h32H,5-29H2,1-4H3. The summed E-state index contributed by atoms with van der Waals surface area (Å²) in [6, 6.07) is 0. The van der Waals surface area contributed by atoms with Crippen LogP contribution in [0.15, 0.2) is 0 Å². The van der Waals surface area contributed by atoms with Crippen LogP contribution >= 0.6 is 7.26 Å². The van der Waals surface area contributed by atoms with E-state index in [0.29, 0.717) is 0 Å². The first-order chi connectivity index (χ1) is 15.7. The molecule has 32 heavy (non-hydrogen) atoms. The molecule has 0 unspecified atom stereocenters. The Bertz CT molecular complexity index is 307. The van der Waals surface area contributed by atoms with Crippen LogP contribution in [0.25, 0.3) is 0 Å². The van der Waals surface area contributed by atoms with Crippen molar-refractivity contribution in [2.24, 2.45) is 0 Å². The van der Waals surface area contributed by atoms with E-state index in [9.17, 15) is 0 Å². The third-order valence-electron chi connectivity index (χ3n) is 7.39. The maximum atomic E-state index is 6.02. The van der Waals surface area contributed by atoms with E-state index in [-0.39, 0.29) is 0 Å². The first-order valence-electron chi connectivity index (χ1n) is 14.8. The molecule has 0 spiro atoms. The second-order valence-electron chi connectivity index (χ2n) is 10.4. The maximum absolute atomic E-state index is 6.02. The third kappa shape index (κ3) is 20.9. The van der Waals surface area contributed by atoms with Crippen molar-refractivity contribution in [3.63, 3.8) is 0 Å². The van der Waals surface area contributed by atoms with Crippen molar-refractivity contribution in [3.05, 3.63) is 0 Å². The molecule has 0 amide bonds. The monoisotopic (exact) mass is 474 g/mol. The van der Waals surface area contributed by atoms with E-state index in [1.165, 1.54) is 122 Å². The number of ether oxygens (including phenoxy) is 2. The van der Waals surface area contributed by atoms with E-state index in [1.807, 2.05) is 0 Å². The number of methoxy groups -OCH3 is 1. The molecule has 2 nitrogen and oxygen atoms in total. The van der Waals surface area contributed by atoms with Crippen LogP contribution < -0.4 is 0 Å². The van der Waals surface area contributed by atoms with Crippen molar-refractivity contribution in [1.29, 1.82) is 0 Å². The van der Waals surface area contributed by atoms with Gasteiger partial charge in [0.15, 0.2) is 0 Å². The molecular weight excluding hydrogens is 411 g/mol. The molecule has 0 radical (unpaired) electrons. The number of hydrogen-bond donors (Lipinski definition) is 0. The summed E-state index contributed by atoms with van der Waals surface area (Å²) >= 11 is 0. The van der Waals surface area contributed by atoms with Gasteiger partial charge in [0.1, 0.15) is 0 Å². The molecule has 0 rings (SSSR count). The Hall–Kier alpha value is 0.350. The fraction of sp³-hybridized carbons (Fsp3) is 1.00. The molecule has 0 aliphatic rings. The minimum absolute atomic E-state index is 0.737. The van der Waals surface area contributed by atoms with Crippen LogP contribution in [0, 0.1) is 0 Å². The molecule has 0 aromatic heterocycles. The Labute approximate surface area is 204 Å². The molecule has 0 aliphatic heterocycles. The molecule has 0 saturated carbocycles. The van der Waals surface area contributed by atoms with Crippen molar-refractivity contribution >= 4 is 7.26 Å². The predicted molar refractivity (Wildman–Crippen MR) is 151 cm³/mol. The predicted octanol–water partition coefficient (Wildman–Crippen LogP) is 9.48. The Morgan fingerprint density at radius 3 is 1.16 bits per heavy atom. The van der Waals surface area contributed by atoms with Gasteiger partial charge in [-0.3, -0.25) is 0 Å². The molecule has 196 valence electrons. The average Bonchev–Trinajstić information content (AvgIpc) is 2.80. The Morgan fingerprint density at radius 2 is 0.781 bits per heavy atom. The Kier molecular flexibility index (Phi) is 26.2. The second-order valence-corrected chi connectivity index (χ2v) is 15.4. The van der Waals surface area contributed by atoms with Crippen molar-refractivity contribution in [3.8, 4) is 0 Å². The van der Waals surface area contributed by atoms with E-state index in [1.54, 1.807) is 25.6 Å². The van der Waals surface area contributed by atoms with E-state index < -0.39 is 7.26 Å². The molecule has 0 aromatic rings. The molecule has 0 aliphatic carbocycles. The zero-order valence-electron chi connectivity index (χ0n) is 23.0. The topological polar surface area (TPSA) is 18.5 Å². The van der Waals surface area contributed by atoms with Crippen molar-refractivity contribution < 1.29 is 9.47 Å². The molecule has 3 heteroatoms. The summed E-state index contributed by atoms with van der Waals surface area (Å²) in [4.78, 5) is 0. The molecule has 0 saturated heterocycles. The van der Waals surface area contributed by atoms with Gasteiger partial charge in [-0.15, -0.1) is 0 Å². The number of unbranched alkanes of at least 4 members (excludes halogenated alkanes) is 15. The van der Waals surface area contributed by atoms with E-state index in [2.05, 4.69) is 20.8 Å². The van der Waals surface area contributed by atoms with Crippen LogP contribution in [0.1, 0.15) is 136 Å². The van der Waals surface area contributed by atoms with Gasteiger partial charge in [-0.2, -0.15) is 0 Å². The first kappa shape index (κ1) is 32.4. The Morgan fingerprint density at radius 1 is 0.406 bits per heavy atom. The minimum atomic E-state index is -1.23. The summed E-state index contributed by atoms with van der Waals surface area (Å²) in [5.41, 5.74) is 0. The quantitative estimate of drug-likeness (QED) is 0.0871. The molecule has 0 atom stereocenters. The normalized spacial score (nSPS) is 12.5. The summed E-state index contributed by atoms with van der Waals surface area (Å²) in [6.07, 6.45) is 32.0. The molecule has 0 bridgehead atoms. The second kappa shape index (κ2) is 26.0. The van der Waals surface area contributed by atoms with Crippen LogP contribution in [0.4, 0.5) is 0 Å². The molecule has 0 heterocycles. The zero-order valence-corrected chi connectivity index (χ0v) is 24.0. The molecule has 0 N–H and O–H groups in total. The van der Waals surface area contributed by atoms with Crippen LogP contribution in [0.3, 0.4) is 0 Å². The molecule has 0 fully saturated rings. The van der Waals surface area contributed by atoms with Gasteiger partial charge in [0.2, 0.25) is 0 Å². The summed E-state index contributed by atoms with van der Waals surface area (Å²) in [5, 5.41) is 0. The summed E-state index contributed by atoms with van der Waals surface area (Å²) in [5.74, 6) is 0. The number of hydrogen-bond acceptors (Lipinski definition) is 2. The summed E-state index contributed by atoms with van der Waals surface area (Å²) in [6.45, 7) is 9.46. The zero-order chi connectivity index (χ0) is 23.6. The van der Waals surface area contributed by atoms with Gasteiger partial charge in [0.05, 0.1) is 0 Å². The fourth-order valence-electron chi connectivity index (χ4n) is 5.12. The van der Waals surface area contributed by atoms with Crippen LogP contribution in [-0.2, 0) is 9.47 Å². The van der Waals surface area contributed by atoms with Crippen molar-refractivity contribution in [2.45, 2.75) is 136 Å². The van der Waals surface area contributed by atoms with Gasteiger partial charge in [0, 0.05) is 0 Å². The van der Waals surface area contributed by atoms with E-state index in [4.69, 9.17) is 9.47 Å². The van der Waals surface area contributed by atoms with Crippen LogP contribution in [-0.4, -0.2) is 51.6 Å². The van der Waals surface area contributed by atoms with Gasteiger partial charge in [0.25, 0.3) is 0 Å². The first-order valence-corrected chi connectivity index (χ1v) is 17.6. The van der Waals surface area contributed by atoms with E-state index >= 15 is 0 Å². The molecular formula is C29H63O2P. The fourth-order valence-corrected chi connectivity index (χ4v) is 10.2.